The van der Waals surface area contributed by atoms with Gasteiger partial charge in [-0.25, -0.2) is 4.99 Å². The van der Waals surface area contributed by atoms with Gasteiger partial charge in [0, 0.05) is 19.6 Å². The number of hydrogen-bond donors (Lipinski definition) is 4. The molecular formula is C30H42Cl2N6O2. The third kappa shape index (κ3) is 7.28. The number of hydrogen-bond acceptors (Lipinski definition) is 4. The number of benzene rings is 2. The number of likely N-dealkylation sites (tertiary alicyclic amines) is 1. The van der Waals surface area contributed by atoms with E-state index in [1.807, 2.05) is 47.4 Å². The number of fused-ring (bicyclic) bond motifs is 1. The van der Waals surface area contributed by atoms with E-state index in [0.717, 1.165) is 30.4 Å². The van der Waals surface area contributed by atoms with Crippen LogP contribution < -0.4 is 22.1 Å². The Hall–Kier alpha value is -2.81. The minimum absolute atomic E-state index is 0. The highest BCUT2D eigenvalue weighted by atomic mass is 35.5. The van der Waals surface area contributed by atoms with Crippen molar-refractivity contribution in [2.75, 3.05) is 6.54 Å². The van der Waals surface area contributed by atoms with Crippen LogP contribution in [-0.2, 0) is 22.7 Å². The van der Waals surface area contributed by atoms with E-state index >= 15 is 0 Å². The van der Waals surface area contributed by atoms with Crippen molar-refractivity contribution >= 4 is 48.3 Å². The Morgan fingerprint density at radius 3 is 2.25 bits per heavy atom. The van der Waals surface area contributed by atoms with E-state index in [9.17, 15) is 9.59 Å². The number of rotatable bonds is 10. The number of aliphatic imine (C=N–C) groups is 1. The van der Waals surface area contributed by atoms with Crippen LogP contribution in [0.3, 0.4) is 0 Å². The van der Waals surface area contributed by atoms with Gasteiger partial charge >= 0.3 is 0 Å². The van der Waals surface area contributed by atoms with E-state index < -0.39 is 5.54 Å². The van der Waals surface area contributed by atoms with Gasteiger partial charge in [0.05, 0.1) is 11.7 Å². The molecule has 2 aromatic carbocycles. The fourth-order valence-corrected chi connectivity index (χ4v) is 6.41. The first kappa shape index (κ1) is 31.7. The van der Waals surface area contributed by atoms with Crippen molar-refractivity contribution < 1.29 is 9.59 Å². The van der Waals surface area contributed by atoms with E-state index in [1.54, 1.807) is 0 Å². The Kier molecular flexibility index (Phi) is 11.3. The predicted octanol–water partition coefficient (Wildman–Crippen LogP) is 4.17. The third-order valence-electron chi connectivity index (χ3n) is 8.55. The molecule has 6 N–H and O–H groups in total. The van der Waals surface area contributed by atoms with E-state index in [0.29, 0.717) is 31.2 Å². The molecule has 2 aliphatic carbocycles. The molecule has 0 unspecified atom stereocenters. The highest BCUT2D eigenvalue weighted by Crippen LogP contribution is 2.56. The van der Waals surface area contributed by atoms with Crippen molar-refractivity contribution in [2.24, 2.45) is 28.3 Å². The standard InChI is InChI=1S/C30H40N6O2.2ClH/c31-29(32)35-25-13-11-23(12-14-25)20-34-28(38)30-18-24(30)15-16-36(30)27(37)26(17-21-7-3-1-4-8-21)33-19-22-9-5-2-6-10-22;;/h2,5-6,9-14,21,24,26,33H,1,3-4,7-8,15-20H2,(H,34,38)(H4,31,32,35);2*1H/t24-,26-,30+;;/m1../s1. The lowest BCUT2D eigenvalue weighted by Gasteiger charge is -2.33. The van der Waals surface area contributed by atoms with Gasteiger partial charge in [-0.15, -0.1) is 24.8 Å². The molecule has 5 rings (SSSR count). The molecule has 40 heavy (non-hydrogen) atoms. The van der Waals surface area contributed by atoms with Gasteiger partial charge in [-0.2, -0.15) is 0 Å². The van der Waals surface area contributed by atoms with Gasteiger partial charge in [0.15, 0.2) is 5.96 Å². The number of nitrogens with zero attached hydrogens (tertiary/aromatic N) is 2. The Morgan fingerprint density at radius 1 is 0.925 bits per heavy atom. The molecule has 218 valence electrons. The number of nitrogens with one attached hydrogen (secondary N) is 2. The van der Waals surface area contributed by atoms with Gasteiger partial charge in [0.25, 0.3) is 0 Å². The summed E-state index contributed by atoms with van der Waals surface area (Å²) in [4.78, 5) is 33.5. The molecule has 1 aliphatic heterocycles. The fraction of sp³-hybridized carbons (Fsp3) is 0.500. The van der Waals surface area contributed by atoms with Crippen LogP contribution in [0.5, 0.6) is 0 Å². The molecule has 3 aliphatic rings. The molecule has 0 aromatic heterocycles. The van der Waals surface area contributed by atoms with Crippen molar-refractivity contribution in [3.8, 4) is 0 Å². The van der Waals surface area contributed by atoms with Gasteiger partial charge in [-0.3, -0.25) is 9.59 Å². The monoisotopic (exact) mass is 588 g/mol. The predicted molar refractivity (Wildman–Crippen MR) is 164 cm³/mol. The van der Waals surface area contributed by atoms with Gasteiger partial charge < -0.3 is 27.0 Å². The zero-order valence-electron chi connectivity index (χ0n) is 22.9. The number of amides is 2. The summed E-state index contributed by atoms with van der Waals surface area (Å²) in [6, 6.07) is 17.4. The number of nitrogens with two attached hydrogens (primary N) is 2. The molecule has 2 saturated carbocycles. The van der Waals surface area contributed by atoms with Crippen LogP contribution in [0.15, 0.2) is 59.6 Å². The quantitative estimate of drug-likeness (QED) is 0.245. The van der Waals surface area contributed by atoms with Crippen LogP contribution in [-0.4, -0.2) is 40.8 Å². The summed E-state index contributed by atoms with van der Waals surface area (Å²) in [5.74, 6) is 0.866. The third-order valence-corrected chi connectivity index (χ3v) is 8.55. The first-order chi connectivity index (χ1) is 18.5. The molecule has 0 radical (unpaired) electrons. The van der Waals surface area contributed by atoms with E-state index in [2.05, 4.69) is 27.8 Å². The topological polar surface area (TPSA) is 126 Å². The highest BCUT2D eigenvalue weighted by Gasteiger charge is 2.68. The van der Waals surface area contributed by atoms with Crippen LogP contribution in [0.4, 0.5) is 5.69 Å². The minimum atomic E-state index is -0.700. The molecular weight excluding hydrogens is 547 g/mol. The smallest absolute Gasteiger partial charge is 0.246 e. The second kappa shape index (κ2) is 14.2. The number of guanidine groups is 1. The normalized spacial score (nSPS) is 22.2. The van der Waals surface area contributed by atoms with E-state index in [4.69, 9.17) is 11.5 Å². The summed E-state index contributed by atoms with van der Waals surface area (Å²) in [6.45, 7) is 1.70. The maximum absolute atomic E-state index is 14.0. The summed E-state index contributed by atoms with van der Waals surface area (Å²) in [5, 5.41) is 6.69. The van der Waals surface area contributed by atoms with Crippen molar-refractivity contribution in [3.63, 3.8) is 0 Å². The summed E-state index contributed by atoms with van der Waals surface area (Å²) in [5.41, 5.74) is 13.0. The number of piperidine rings is 1. The van der Waals surface area contributed by atoms with Gasteiger partial charge in [0.2, 0.25) is 11.8 Å². The lowest BCUT2D eigenvalue weighted by atomic mass is 9.84. The molecule has 1 heterocycles. The van der Waals surface area contributed by atoms with E-state index in [-0.39, 0.29) is 54.5 Å². The molecule has 8 nitrogen and oxygen atoms in total. The molecule has 3 atom stereocenters. The second-order valence-electron chi connectivity index (χ2n) is 11.1. The second-order valence-corrected chi connectivity index (χ2v) is 11.1. The van der Waals surface area contributed by atoms with Crippen molar-refractivity contribution in [3.05, 3.63) is 65.7 Å². The average molecular weight is 590 g/mol. The Labute approximate surface area is 249 Å². The summed E-state index contributed by atoms with van der Waals surface area (Å²) >= 11 is 0. The Morgan fingerprint density at radius 2 is 1.60 bits per heavy atom. The van der Waals surface area contributed by atoms with Crippen molar-refractivity contribution in [1.82, 2.24) is 15.5 Å². The SMILES string of the molecule is Cl.Cl.NC(N)=Nc1ccc(CNC(=O)[C@]23C[C@H]2CCN3C(=O)[C@@H](CC2CCCCC2)NCc2ccccc2)cc1. The van der Waals surface area contributed by atoms with E-state index in [1.165, 1.54) is 32.1 Å². The number of carbonyl (C=O) groups excluding carboxylic acids is 2. The van der Waals surface area contributed by atoms with Crippen LogP contribution in [0.25, 0.3) is 0 Å². The summed E-state index contributed by atoms with van der Waals surface area (Å²) in [7, 11) is 0. The molecule has 0 bridgehead atoms. The maximum Gasteiger partial charge on any atom is 0.246 e. The van der Waals surface area contributed by atoms with Crippen LogP contribution in [0.2, 0.25) is 0 Å². The maximum atomic E-state index is 14.0. The Balaban J connectivity index is 0.00000220. The Bertz CT molecular complexity index is 1150. The summed E-state index contributed by atoms with van der Waals surface area (Å²) < 4.78 is 0. The first-order valence-corrected chi connectivity index (χ1v) is 14.0. The number of carbonyl (C=O) groups is 2. The molecule has 1 saturated heterocycles. The lowest BCUT2D eigenvalue weighted by Crippen LogP contribution is -2.55. The van der Waals surface area contributed by atoms with Crippen LogP contribution in [0.1, 0.15) is 62.5 Å². The summed E-state index contributed by atoms with van der Waals surface area (Å²) in [6.07, 6.45) is 8.64. The zero-order valence-corrected chi connectivity index (χ0v) is 24.5. The van der Waals surface area contributed by atoms with Gasteiger partial charge in [-0.1, -0.05) is 74.6 Å². The van der Waals surface area contributed by atoms with Gasteiger partial charge in [-0.05, 0) is 54.4 Å². The molecule has 2 aromatic rings. The molecule has 10 heteroatoms. The average Bonchev–Trinajstić information content (AvgIpc) is 3.55. The van der Waals surface area contributed by atoms with Crippen molar-refractivity contribution in [2.45, 2.75) is 76.0 Å². The first-order valence-electron chi connectivity index (χ1n) is 14.0. The minimum Gasteiger partial charge on any atom is -0.370 e. The van der Waals surface area contributed by atoms with Gasteiger partial charge in [0.1, 0.15) is 5.54 Å². The fourth-order valence-electron chi connectivity index (χ4n) is 6.41. The van der Waals surface area contributed by atoms with Crippen LogP contribution >= 0.6 is 24.8 Å². The number of halogens is 2. The molecule has 2 amide bonds. The lowest BCUT2D eigenvalue weighted by molar-refractivity contribution is -0.143. The zero-order chi connectivity index (χ0) is 26.5. The molecule has 0 spiro atoms. The largest absolute Gasteiger partial charge is 0.370 e. The highest BCUT2D eigenvalue weighted by molar-refractivity contribution is 5.97. The molecule has 3 fully saturated rings. The van der Waals surface area contributed by atoms with Crippen molar-refractivity contribution in [1.29, 1.82) is 0 Å². The van der Waals surface area contributed by atoms with Crippen LogP contribution in [0, 0.1) is 11.8 Å².